The van der Waals surface area contributed by atoms with E-state index in [4.69, 9.17) is 4.74 Å². The first-order valence-electron chi connectivity index (χ1n) is 10.4. The fourth-order valence-electron chi connectivity index (χ4n) is 4.35. The van der Waals surface area contributed by atoms with Crippen molar-refractivity contribution in [3.63, 3.8) is 0 Å². The van der Waals surface area contributed by atoms with Gasteiger partial charge in [0, 0.05) is 25.6 Å². The predicted octanol–water partition coefficient (Wildman–Crippen LogP) is 4.35. The molecule has 0 unspecified atom stereocenters. The van der Waals surface area contributed by atoms with Crippen LogP contribution in [0.5, 0.6) is 0 Å². The fraction of sp³-hybridized carbons (Fsp3) is 0.308. The second-order valence-corrected chi connectivity index (χ2v) is 7.88. The van der Waals surface area contributed by atoms with Crippen LogP contribution in [0.3, 0.4) is 0 Å². The molecule has 2 atom stereocenters. The first-order chi connectivity index (χ1) is 14.2. The molecule has 29 heavy (non-hydrogen) atoms. The van der Waals surface area contributed by atoms with Crippen molar-refractivity contribution in [1.82, 2.24) is 4.90 Å². The summed E-state index contributed by atoms with van der Waals surface area (Å²) in [6.45, 7) is 6.12. The third-order valence-corrected chi connectivity index (χ3v) is 5.92. The van der Waals surface area contributed by atoms with Gasteiger partial charge in [0.15, 0.2) is 0 Å². The van der Waals surface area contributed by atoms with Crippen LogP contribution in [0.4, 0.5) is 0 Å². The quantitative estimate of drug-likeness (QED) is 0.683. The number of nitrogens with zero attached hydrogens (tertiary/aromatic N) is 1. The maximum absolute atomic E-state index is 12.5. The number of hydrogen-bond acceptors (Lipinski definition) is 3. The van der Waals surface area contributed by atoms with Gasteiger partial charge in [-0.2, -0.15) is 0 Å². The first kappa shape index (κ1) is 19.8. The Bertz CT molecular complexity index is 906. The molecule has 1 aliphatic heterocycles. The Hall–Kier alpha value is -2.46. The minimum atomic E-state index is -1.13. The van der Waals surface area contributed by atoms with E-state index in [1.54, 1.807) is 0 Å². The lowest BCUT2D eigenvalue weighted by atomic mass is 9.72. The summed E-state index contributed by atoms with van der Waals surface area (Å²) in [5.41, 5.74) is 3.02. The van der Waals surface area contributed by atoms with E-state index >= 15 is 0 Å². The molecule has 1 N–H and O–H groups in total. The van der Waals surface area contributed by atoms with Crippen LogP contribution in [0.2, 0.25) is 0 Å². The van der Waals surface area contributed by atoms with Crippen LogP contribution in [0, 0.1) is 6.92 Å². The summed E-state index contributed by atoms with van der Waals surface area (Å²) >= 11 is 0. The van der Waals surface area contributed by atoms with E-state index in [-0.39, 0.29) is 5.92 Å². The third-order valence-electron chi connectivity index (χ3n) is 5.92. The summed E-state index contributed by atoms with van der Waals surface area (Å²) in [4.78, 5) is 2.41. The Morgan fingerprint density at radius 1 is 0.862 bits per heavy atom. The van der Waals surface area contributed by atoms with Crippen molar-refractivity contribution in [2.45, 2.75) is 18.4 Å². The molecular formula is C26H29NO2. The number of ether oxygens (including phenoxy) is 1. The molecule has 3 heteroatoms. The molecule has 0 spiro atoms. The van der Waals surface area contributed by atoms with E-state index in [1.165, 1.54) is 0 Å². The second kappa shape index (κ2) is 8.91. The van der Waals surface area contributed by atoms with Gasteiger partial charge in [0.25, 0.3) is 0 Å². The van der Waals surface area contributed by atoms with Crippen LogP contribution in [-0.2, 0) is 10.3 Å². The number of rotatable bonds is 6. The fourth-order valence-corrected chi connectivity index (χ4v) is 4.35. The van der Waals surface area contributed by atoms with E-state index in [0.29, 0.717) is 0 Å². The molecular weight excluding hydrogens is 358 g/mol. The second-order valence-electron chi connectivity index (χ2n) is 7.88. The average Bonchev–Trinajstić information content (AvgIpc) is 2.79. The molecule has 3 nitrogen and oxygen atoms in total. The molecule has 3 aromatic rings. The lowest BCUT2D eigenvalue weighted by Gasteiger charge is -2.41. The van der Waals surface area contributed by atoms with Crippen LogP contribution in [0.25, 0.3) is 0 Å². The summed E-state index contributed by atoms with van der Waals surface area (Å²) in [6.07, 6.45) is 0. The molecule has 0 amide bonds. The molecule has 1 fully saturated rings. The zero-order valence-electron chi connectivity index (χ0n) is 17.0. The van der Waals surface area contributed by atoms with E-state index in [0.717, 1.165) is 55.1 Å². The number of benzene rings is 3. The highest BCUT2D eigenvalue weighted by atomic mass is 16.5. The highest BCUT2D eigenvalue weighted by Crippen LogP contribution is 2.43. The van der Waals surface area contributed by atoms with Gasteiger partial charge < -0.3 is 9.84 Å². The topological polar surface area (TPSA) is 32.7 Å². The largest absolute Gasteiger partial charge is 0.380 e. The molecule has 0 saturated carbocycles. The van der Waals surface area contributed by atoms with Gasteiger partial charge in [0.1, 0.15) is 5.60 Å². The van der Waals surface area contributed by atoms with Gasteiger partial charge in [0.2, 0.25) is 0 Å². The maximum atomic E-state index is 12.5. The number of hydrogen-bond donors (Lipinski definition) is 1. The molecule has 4 rings (SSSR count). The van der Waals surface area contributed by atoms with Gasteiger partial charge in [-0.25, -0.2) is 0 Å². The molecule has 1 aliphatic rings. The van der Waals surface area contributed by atoms with Crippen LogP contribution in [0.1, 0.15) is 28.2 Å². The van der Waals surface area contributed by atoms with Crippen molar-refractivity contribution >= 4 is 0 Å². The van der Waals surface area contributed by atoms with E-state index in [9.17, 15) is 5.11 Å². The van der Waals surface area contributed by atoms with Crippen LogP contribution >= 0.6 is 0 Å². The zero-order chi connectivity index (χ0) is 20.1. The lowest BCUT2D eigenvalue weighted by Crippen LogP contribution is -2.45. The van der Waals surface area contributed by atoms with Crippen LogP contribution in [-0.4, -0.2) is 42.9 Å². The third kappa shape index (κ3) is 4.27. The lowest BCUT2D eigenvalue weighted by molar-refractivity contribution is 0.000748. The molecule has 1 heterocycles. The highest BCUT2D eigenvalue weighted by Gasteiger charge is 2.42. The Labute approximate surface area is 173 Å². The van der Waals surface area contributed by atoms with Gasteiger partial charge >= 0.3 is 0 Å². The van der Waals surface area contributed by atoms with E-state index in [2.05, 4.69) is 54.3 Å². The van der Waals surface area contributed by atoms with Crippen molar-refractivity contribution in [2.75, 3.05) is 32.8 Å². The van der Waals surface area contributed by atoms with Gasteiger partial charge in [-0.1, -0.05) is 90.5 Å². The summed E-state index contributed by atoms with van der Waals surface area (Å²) in [5, 5.41) is 12.5. The molecule has 3 aromatic carbocycles. The van der Waals surface area contributed by atoms with Crippen molar-refractivity contribution in [2.24, 2.45) is 0 Å². The number of aryl methyl sites for hydroxylation is 1. The van der Waals surface area contributed by atoms with Crippen molar-refractivity contribution in [3.05, 3.63) is 107 Å². The smallest absolute Gasteiger partial charge is 0.123 e. The first-order valence-corrected chi connectivity index (χ1v) is 10.4. The number of aliphatic hydroxyl groups is 1. The Morgan fingerprint density at radius 3 is 2.14 bits per heavy atom. The van der Waals surface area contributed by atoms with Crippen LogP contribution in [0.15, 0.2) is 84.9 Å². The Kier molecular flexibility index (Phi) is 6.10. The van der Waals surface area contributed by atoms with Gasteiger partial charge in [-0.05, 0) is 23.6 Å². The summed E-state index contributed by atoms with van der Waals surface area (Å²) in [5.74, 6) is -0.106. The Balaban J connectivity index is 1.85. The number of morpholine rings is 1. The van der Waals surface area contributed by atoms with Crippen molar-refractivity contribution in [1.29, 1.82) is 0 Å². The average molecular weight is 388 g/mol. The van der Waals surface area contributed by atoms with Crippen LogP contribution < -0.4 is 0 Å². The highest BCUT2D eigenvalue weighted by molar-refractivity contribution is 5.43. The molecule has 0 bridgehead atoms. The molecule has 0 aromatic heterocycles. The zero-order valence-corrected chi connectivity index (χ0v) is 17.0. The summed E-state index contributed by atoms with van der Waals surface area (Å²) in [7, 11) is 0. The molecule has 150 valence electrons. The summed E-state index contributed by atoms with van der Waals surface area (Å²) in [6, 6.07) is 28.8. The van der Waals surface area contributed by atoms with E-state index < -0.39 is 5.60 Å². The standard InChI is InChI=1S/C26H29NO2/c1-21-9-8-14-24(19-21)26(28,23-12-6-3-7-13-23)25(22-10-4-2-5-11-22)20-27-15-17-29-18-16-27/h2-14,19,25,28H,15-18,20H2,1H3/t25-,26+/m1/s1. The molecule has 0 radical (unpaired) electrons. The van der Waals surface area contributed by atoms with Gasteiger partial charge in [0.05, 0.1) is 13.2 Å². The van der Waals surface area contributed by atoms with Gasteiger partial charge in [-0.3, -0.25) is 4.90 Å². The van der Waals surface area contributed by atoms with Crippen molar-refractivity contribution in [3.8, 4) is 0 Å². The predicted molar refractivity (Wildman–Crippen MR) is 117 cm³/mol. The minimum absolute atomic E-state index is 0.106. The SMILES string of the molecule is Cc1cccc([C@@](O)(c2ccccc2)[C@H](CN2CCOCC2)c2ccccc2)c1. The monoisotopic (exact) mass is 387 g/mol. The van der Waals surface area contributed by atoms with Crippen molar-refractivity contribution < 1.29 is 9.84 Å². The normalized spacial score (nSPS) is 18.1. The minimum Gasteiger partial charge on any atom is -0.380 e. The van der Waals surface area contributed by atoms with E-state index in [1.807, 2.05) is 42.5 Å². The molecule has 1 saturated heterocycles. The maximum Gasteiger partial charge on any atom is 0.123 e. The Morgan fingerprint density at radius 2 is 1.48 bits per heavy atom. The summed E-state index contributed by atoms with van der Waals surface area (Å²) < 4.78 is 5.55. The van der Waals surface area contributed by atoms with Gasteiger partial charge in [-0.15, -0.1) is 0 Å². The molecule has 0 aliphatic carbocycles.